The number of nitrogens with one attached hydrogen (secondary N) is 1. The van der Waals surface area contributed by atoms with Gasteiger partial charge in [0, 0.05) is 31.4 Å². The molecule has 0 bridgehead atoms. The third-order valence-corrected chi connectivity index (χ3v) is 3.88. The van der Waals surface area contributed by atoms with E-state index >= 15 is 0 Å². The highest BCUT2D eigenvalue weighted by molar-refractivity contribution is 6.00. The standard InChI is InChI=1S/C16H16F2N4O2/c1-21-6-5-14(20-21)22-7-4-13(16(22)24)19-15(23)9-10-8-11(17)2-3-12(10)18/h2-3,5-6,8,13H,4,7,9H2,1H3,(H,19,23). The average Bonchev–Trinajstić information content (AvgIpc) is 3.10. The lowest BCUT2D eigenvalue weighted by Gasteiger charge is -2.14. The topological polar surface area (TPSA) is 67.2 Å². The molecule has 0 spiro atoms. The molecule has 0 saturated carbocycles. The quantitative estimate of drug-likeness (QED) is 0.912. The summed E-state index contributed by atoms with van der Waals surface area (Å²) in [5, 5.41) is 6.74. The van der Waals surface area contributed by atoms with Crippen molar-refractivity contribution in [2.45, 2.75) is 18.9 Å². The summed E-state index contributed by atoms with van der Waals surface area (Å²) in [7, 11) is 1.75. The number of rotatable bonds is 4. The molecule has 1 aliphatic heterocycles. The molecule has 2 aromatic rings. The van der Waals surface area contributed by atoms with E-state index in [1.165, 1.54) is 4.90 Å². The first kappa shape index (κ1) is 16.1. The van der Waals surface area contributed by atoms with Crippen LogP contribution in [0.15, 0.2) is 30.5 Å². The third kappa shape index (κ3) is 3.27. The van der Waals surface area contributed by atoms with Crippen molar-refractivity contribution in [2.24, 2.45) is 7.05 Å². The zero-order chi connectivity index (χ0) is 17.3. The summed E-state index contributed by atoms with van der Waals surface area (Å²) < 4.78 is 28.3. The lowest BCUT2D eigenvalue weighted by molar-refractivity contribution is -0.126. The Hall–Kier alpha value is -2.77. The molecule has 2 heterocycles. The van der Waals surface area contributed by atoms with Crippen LogP contribution in [0.1, 0.15) is 12.0 Å². The number of hydrogen-bond acceptors (Lipinski definition) is 3. The van der Waals surface area contributed by atoms with Gasteiger partial charge in [-0.1, -0.05) is 0 Å². The van der Waals surface area contributed by atoms with E-state index in [-0.39, 0.29) is 17.9 Å². The molecule has 1 atom stereocenters. The second kappa shape index (κ2) is 6.38. The summed E-state index contributed by atoms with van der Waals surface area (Å²) in [5.74, 6) is -1.53. The monoisotopic (exact) mass is 334 g/mol. The maximum absolute atomic E-state index is 13.6. The number of carbonyl (C=O) groups excluding carboxylic acids is 2. The number of amides is 2. The molecule has 6 nitrogen and oxygen atoms in total. The first-order valence-corrected chi connectivity index (χ1v) is 7.48. The van der Waals surface area contributed by atoms with Gasteiger partial charge in [-0.15, -0.1) is 0 Å². The molecule has 1 aromatic carbocycles. The molecule has 0 radical (unpaired) electrons. The van der Waals surface area contributed by atoms with Gasteiger partial charge in [0.05, 0.1) is 6.42 Å². The molecule has 1 N–H and O–H groups in total. The van der Waals surface area contributed by atoms with Crippen molar-refractivity contribution in [2.75, 3.05) is 11.4 Å². The molecule has 24 heavy (non-hydrogen) atoms. The summed E-state index contributed by atoms with van der Waals surface area (Å²) in [6.07, 6.45) is 1.84. The highest BCUT2D eigenvalue weighted by Crippen LogP contribution is 2.19. The van der Waals surface area contributed by atoms with E-state index in [0.29, 0.717) is 18.8 Å². The van der Waals surface area contributed by atoms with Gasteiger partial charge in [-0.05, 0) is 24.6 Å². The predicted molar refractivity (Wildman–Crippen MR) is 82.2 cm³/mol. The summed E-state index contributed by atoms with van der Waals surface area (Å²) in [6.45, 7) is 0.440. The zero-order valence-corrected chi connectivity index (χ0v) is 13.0. The average molecular weight is 334 g/mol. The Morgan fingerprint density at radius 2 is 2.17 bits per heavy atom. The minimum Gasteiger partial charge on any atom is -0.344 e. The second-order valence-electron chi connectivity index (χ2n) is 5.66. The fraction of sp³-hybridized carbons (Fsp3) is 0.312. The van der Waals surface area contributed by atoms with Crippen LogP contribution in [0.4, 0.5) is 14.6 Å². The summed E-state index contributed by atoms with van der Waals surface area (Å²) in [4.78, 5) is 25.9. The van der Waals surface area contributed by atoms with E-state index in [2.05, 4.69) is 10.4 Å². The second-order valence-corrected chi connectivity index (χ2v) is 5.66. The number of nitrogens with zero attached hydrogens (tertiary/aromatic N) is 3. The van der Waals surface area contributed by atoms with Crippen molar-refractivity contribution < 1.29 is 18.4 Å². The van der Waals surface area contributed by atoms with E-state index in [1.54, 1.807) is 24.0 Å². The van der Waals surface area contributed by atoms with Crippen LogP contribution in [-0.4, -0.2) is 34.2 Å². The number of hydrogen-bond donors (Lipinski definition) is 1. The van der Waals surface area contributed by atoms with Crippen molar-refractivity contribution >= 4 is 17.6 Å². The first-order valence-electron chi connectivity index (χ1n) is 7.48. The van der Waals surface area contributed by atoms with Crippen LogP contribution in [0.5, 0.6) is 0 Å². The van der Waals surface area contributed by atoms with Crippen molar-refractivity contribution in [1.29, 1.82) is 0 Å². The van der Waals surface area contributed by atoms with Crippen molar-refractivity contribution in [3.63, 3.8) is 0 Å². The molecule has 1 aromatic heterocycles. The highest BCUT2D eigenvalue weighted by atomic mass is 19.1. The minimum absolute atomic E-state index is 0.0421. The fourth-order valence-corrected chi connectivity index (χ4v) is 2.69. The van der Waals surface area contributed by atoms with Crippen LogP contribution in [0.3, 0.4) is 0 Å². The van der Waals surface area contributed by atoms with E-state index < -0.39 is 23.6 Å². The number of aryl methyl sites for hydroxylation is 1. The highest BCUT2D eigenvalue weighted by Gasteiger charge is 2.34. The lowest BCUT2D eigenvalue weighted by atomic mass is 10.1. The maximum Gasteiger partial charge on any atom is 0.250 e. The van der Waals surface area contributed by atoms with Crippen molar-refractivity contribution in [3.05, 3.63) is 47.7 Å². The molecule has 1 saturated heterocycles. The molecule has 126 valence electrons. The summed E-state index contributed by atoms with van der Waals surface area (Å²) in [6, 6.07) is 3.97. The number of anilines is 1. The molecule has 3 rings (SSSR count). The van der Waals surface area contributed by atoms with Gasteiger partial charge in [0.25, 0.3) is 5.91 Å². The molecular formula is C16H16F2N4O2. The van der Waals surface area contributed by atoms with Gasteiger partial charge in [0.2, 0.25) is 5.91 Å². The van der Waals surface area contributed by atoms with E-state index in [0.717, 1.165) is 18.2 Å². The number of halogens is 2. The first-order chi connectivity index (χ1) is 11.4. The van der Waals surface area contributed by atoms with Gasteiger partial charge >= 0.3 is 0 Å². The summed E-state index contributed by atoms with van der Waals surface area (Å²) in [5.41, 5.74) is -0.0421. The van der Waals surface area contributed by atoms with E-state index in [9.17, 15) is 18.4 Å². The van der Waals surface area contributed by atoms with Gasteiger partial charge < -0.3 is 5.32 Å². The van der Waals surface area contributed by atoms with Gasteiger partial charge in [0.15, 0.2) is 5.82 Å². The summed E-state index contributed by atoms with van der Waals surface area (Å²) >= 11 is 0. The largest absolute Gasteiger partial charge is 0.344 e. The van der Waals surface area contributed by atoms with E-state index in [4.69, 9.17) is 0 Å². The Balaban J connectivity index is 1.63. The Labute approximate surface area is 137 Å². The molecule has 1 fully saturated rings. The van der Waals surface area contributed by atoms with Crippen molar-refractivity contribution in [3.8, 4) is 0 Å². The van der Waals surface area contributed by atoms with Crippen molar-refractivity contribution in [1.82, 2.24) is 15.1 Å². The maximum atomic E-state index is 13.6. The normalized spacial score (nSPS) is 17.4. The fourth-order valence-electron chi connectivity index (χ4n) is 2.69. The predicted octanol–water partition coefficient (Wildman–Crippen LogP) is 1.16. The molecule has 1 aliphatic rings. The van der Waals surface area contributed by atoms with Crippen LogP contribution in [0.25, 0.3) is 0 Å². The number of carbonyl (C=O) groups is 2. The zero-order valence-electron chi connectivity index (χ0n) is 13.0. The van der Waals surface area contributed by atoms with E-state index in [1.807, 2.05) is 0 Å². The molecular weight excluding hydrogens is 318 g/mol. The number of benzene rings is 1. The van der Waals surface area contributed by atoms with Crippen LogP contribution in [0.2, 0.25) is 0 Å². The Kier molecular flexibility index (Phi) is 4.28. The van der Waals surface area contributed by atoms with Gasteiger partial charge in [-0.3, -0.25) is 19.2 Å². The van der Waals surface area contributed by atoms with Gasteiger partial charge in [0.1, 0.15) is 17.7 Å². The van der Waals surface area contributed by atoms with Gasteiger partial charge in [-0.2, -0.15) is 5.10 Å². The molecule has 0 aliphatic carbocycles. The Morgan fingerprint density at radius 3 is 2.88 bits per heavy atom. The third-order valence-electron chi connectivity index (χ3n) is 3.88. The van der Waals surface area contributed by atoms with Crippen LogP contribution in [-0.2, 0) is 23.1 Å². The Morgan fingerprint density at radius 1 is 1.38 bits per heavy atom. The van der Waals surface area contributed by atoms with Gasteiger partial charge in [-0.25, -0.2) is 8.78 Å². The van der Waals surface area contributed by atoms with Crippen LogP contribution >= 0.6 is 0 Å². The Bertz CT molecular complexity index is 790. The molecule has 8 heteroatoms. The van der Waals surface area contributed by atoms with Crippen LogP contribution in [0, 0.1) is 11.6 Å². The van der Waals surface area contributed by atoms with Crippen LogP contribution < -0.4 is 10.2 Å². The molecule has 1 unspecified atom stereocenters. The lowest BCUT2D eigenvalue weighted by Crippen LogP contribution is -2.42. The smallest absolute Gasteiger partial charge is 0.250 e. The molecule has 2 amide bonds. The SMILES string of the molecule is Cn1ccc(N2CCC(NC(=O)Cc3cc(F)ccc3F)C2=O)n1. The number of aromatic nitrogens is 2. The minimum atomic E-state index is -0.684.